The van der Waals surface area contributed by atoms with Gasteiger partial charge in [0.2, 0.25) is 0 Å². The molecule has 1 atom stereocenters. The Kier molecular flexibility index (Phi) is 2.93. The fraction of sp³-hybridized carbons (Fsp3) is 0.286. The van der Waals surface area contributed by atoms with E-state index in [1.807, 2.05) is 19.1 Å². The van der Waals surface area contributed by atoms with Crippen molar-refractivity contribution in [3.63, 3.8) is 0 Å². The fourth-order valence-electron chi connectivity index (χ4n) is 2.49. The van der Waals surface area contributed by atoms with Crippen LogP contribution >= 0.6 is 15.9 Å². The summed E-state index contributed by atoms with van der Waals surface area (Å²) < 4.78 is 6.15. The van der Waals surface area contributed by atoms with Crippen molar-refractivity contribution in [2.24, 2.45) is 0 Å². The molecule has 0 aliphatic carbocycles. The molecule has 4 nitrogen and oxygen atoms in total. The second-order valence-corrected chi connectivity index (χ2v) is 5.67. The molecule has 1 amide bonds. The Balaban J connectivity index is 2.00. The first-order valence-electron chi connectivity index (χ1n) is 6.10. The summed E-state index contributed by atoms with van der Waals surface area (Å²) in [6, 6.07) is 6.11. The van der Waals surface area contributed by atoms with Crippen LogP contribution in [0.5, 0.6) is 0 Å². The van der Waals surface area contributed by atoms with Crippen molar-refractivity contribution >= 4 is 27.5 Å². The second-order valence-electron chi connectivity index (χ2n) is 4.75. The molecule has 0 saturated heterocycles. The van der Waals surface area contributed by atoms with Gasteiger partial charge in [-0.2, -0.15) is 0 Å². The highest BCUT2D eigenvalue weighted by Gasteiger charge is 2.32. The Morgan fingerprint density at radius 1 is 1.53 bits per heavy atom. The van der Waals surface area contributed by atoms with E-state index in [1.54, 1.807) is 11.8 Å². The predicted octanol–water partition coefficient (Wildman–Crippen LogP) is 3.34. The zero-order valence-corrected chi connectivity index (χ0v) is 12.3. The number of fused-ring (bicyclic) bond motifs is 1. The van der Waals surface area contributed by atoms with E-state index in [4.69, 9.17) is 4.42 Å². The summed E-state index contributed by atoms with van der Waals surface area (Å²) in [6.07, 6.45) is 2.28. The Hall–Kier alpha value is -1.62. The molecule has 19 heavy (non-hydrogen) atoms. The van der Waals surface area contributed by atoms with Gasteiger partial charge < -0.3 is 9.32 Å². The van der Waals surface area contributed by atoms with E-state index in [1.165, 1.54) is 11.8 Å². The molecule has 1 aromatic carbocycles. The van der Waals surface area contributed by atoms with Gasteiger partial charge in [0, 0.05) is 23.1 Å². The average molecular weight is 321 g/mol. The van der Waals surface area contributed by atoms with Gasteiger partial charge in [0.25, 0.3) is 5.91 Å². The number of nitrogens with zero attached hydrogens (tertiary/aromatic N) is 2. The number of halogens is 1. The van der Waals surface area contributed by atoms with Crippen LogP contribution in [0.2, 0.25) is 0 Å². The molecule has 5 heteroatoms. The lowest BCUT2D eigenvalue weighted by atomic mass is 10.1. The monoisotopic (exact) mass is 320 g/mol. The maximum absolute atomic E-state index is 12.5. The SMILES string of the molecule is Cc1nc(C(=O)N2c3ccc(Br)cc3C[C@@H]2C)co1. The number of aryl methyl sites for hydroxylation is 1. The van der Waals surface area contributed by atoms with Gasteiger partial charge in [-0.3, -0.25) is 4.79 Å². The van der Waals surface area contributed by atoms with Crippen LogP contribution in [0.4, 0.5) is 5.69 Å². The van der Waals surface area contributed by atoms with Crippen LogP contribution in [0.3, 0.4) is 0 Å². The highest BCUT2D eigenvalue weighted by molar-refractivity contribution is 9.10. The van der Waals surface area contributed by atoms with Crippen molar-refractivity contribution in [1.29, 1.82) is 0 Å². The van der Waals surface area contributed by atoms with Crippen LogP contribution in [0.1, 0.15) is 28.9 Å². The quantitative estimate of drug-likeness (QED) is 0.809. The van der Waals surface area contributed by atoms with Gasteiger partial charge in [-0.1, -0.05) is 15.9 Å². The van der Waals surface area contributed by atoms with Gasteiger partial charge in [-0.25, -0.2) is 4.98 Å². The first-order valence-corrected chi connectivity index (χ1v) is 6.89. The van der Waals surface area contributed by atoms with Crippen LogP contribution in [0.15, 0.2) is 33.4 Å². The lowest BCUT2D eigenvalue weighted by Crippen LogP contribution is -2.35. The predicted molar refractivity (Wildman–Crippen MR) is 75.4 cm³/mol. The summed E-state index contributed by atoms with van der Waals surface area (Å²) in [5.74, 6) is 0.400. The molecule has 3 rings (SSSR count). The minimum absolute atomic E-state index is 0.106. The molecule has 0 saturated carbocycles. The smallest absolute Gasteiger partial charge is 0.280 e. The van der Waals surface area contributed by atoms with E-state index >= 15 is 0 Å². The van der Waals surface area contributed by atoms with E-state index in [-0.39, 0.29) is 11.9 Å². The Bertz CT molecular complexity index is 651. The second kappa shape index (κ2) is 4.49. The maximum Gasteiger partial charge on any atom is 0.280 e. The Labute approximate surface area is 119 Å². The standard InChI is InChI=1S/C14H13BrN2O2/c1-8-5-10-6-11(15)3-4-13(10)17(8)14(18)12-7-19-9(2)16-12/h3-4,6-8H,5H2,1-2H3/t8-/m0/s1. The number of carbonyl (C=O) groups excluding carboxylic acids is 1. The largest absolute Gasteiger partial charge is 0.448 e. The summed E-state index contributed by atoms with van der Waals surface area (Å²) in [5.41, 5.74) is 2.50. The number of amides is 1. The molecule has 0 radical (unpaired) electrons. The highest BCUT2D eigenvalue weighted by Crippen LogP contribution is 2.35. The summed E-state index contributed by atoms with van der Waals surface area (Å²) in [5, 5.41) is 0. The maximum atomic E-state index is 12.5. The third-order valence-corrected chi connectivity index (χ3v) is 3.81. The molecule has 2 aromatic rings. The van der Waals surface area contributed by atoms with Crippen LogP contribution < -0.4 is 4.90 Å². The van der Waals surface area contributed by atoms with E-state index in [9.17, 15) is 4.79 Å². The number of hydrogen-bond acceptors (Lipinski definition) is 3. The molecule has 1 aliphatic heterocycles. The molecule has 0 unspecified atom stereocenters. The molecule has 0 N–H and O–H groups in total. The van der Waals surface area contributed by atoms with Gasteiger partial charge in [-0.05, 0) is 37.1 Å². The van der Waals surface area contributed by atoms with Crippen molar-refractivity contribution in [3.8, 4) is 0 Å². The van der Waals surface area contributed by atoms with Crippen molar-refractivity contribution in [2.45, 2.75) is 26.3 Å². The summed E-state index contributed by atoms with van der Waals surface area (Å²) in [4.78, 5) is 18.4. The third-order valence-electron chi connectivity index (χ3n) is 3.31. The molecule has 0 fully saturated rings. The zero-order chi connectivity index (χ0) is 13.6. The number of hydrogen-bond donors (Lipinski definition) is 0. The van der Waals surface area contributed by atoms with Crippen LogP contribution in [0.25, 0.3) is 0 Å². The first-order chi connectivity index (χ1) is 9.06. The third kappa shape index (κ3) is 2.08. The van der Waals surface area contributed by atoms with Crippen LogP contribution in [-0.4, -0.2) is 16.9 Å². The minimum atomic E-state index is -0.106. The number of aromatic nitrogens is 1. The van der Waals surface area contributed by atoms with E-state index < -0.39 is 0 Å². The van der Waals surface area contributed by atoms with E-state index in [2.05, 4.69) is 27.0 Å². The van der Waals surface area contributed by atoms with Crippen molar-refractivity contribution in [3.05, 3.63) is 46.1 Å². The molecule has 0 bridgehead atoms. The number of carbonyl (C=O) groups is 1. The Morgan fingerprint density at radius 3 is 3.00 bits per heavy atom. The summed E-state index contributed by atoms with van der Waals surface area (Å²) in [7, 11) is 0. The van der Waals surface area contributed by atoms with Gasteiger partial charge in [-0.15, -0.1) is 0 Å². The number of anilines is 1. The number of oxazole rings is 1. The van der Waals surface area contributed by atoms with Crippen LogP contribution in [0, 0.1) is 6.92 Å². The van der Waals surface area contributed by atoms with E-state index in [0.717, 1.165) is 16.6 Å². The molecular formula is C14H13BrN2O2. The Morgan fingerprint density at radius 2 is 2.32 bits per heavy atom. The number of benzene rings is 1. The molecule has 1 aromatic heterocycles. The lowest BCUT2D eigenvalue weighted by molar-refractivity contribution is 0.0976. The molecule has 98 valence electrons. The molecule has 2 heterocycles. The summed E-state index contributed by atoms with van der Waals surface area (Å²) >= 11 is 3.46. The molecule has 1 aliphatic rings. The average Bonchev–Trinajstić information content (AvgIpc) is 2.91. The minimum Gasteiger partial charge on any atom is -0.448 e. The fourth-order valence-corrected chi connectivity index (χ4v) is 2.90. The normalized spacial score (nSPS) is 17.6. The first kappa shape index (κ1) is 12.4. The van der Waals surface area contributed by atoms with Crippen molar-refractivity contribution < 1.29 is 9.21 Å². The molecule has 0 spiro atoms. The van der Waals surface area contributed by atoms with Crippen LogP contribution in [-0.2, 0) is 6.42 Å². The van der Waals surface area contributed by atoms with Gasteiger partial charge >= 0.3 is 0 Å². The van der Waals surface area contributed by atoms with Gasteiger partial charge in [0.1, 0.15) is 6.26 Å². The number of rotatable bonds is 1. The molecular weight excluding hydrogens is 308 g/mol. The zero-order valence-electron chi connectivity index (χ0n) is 10.7. The van der Waals surface area contributed by atoms with Crippen molar-refractivity contribution in [2.75, 3.05) is 4.90 Å². The lowest BCUT2D eigenvalue weighted by Gasteiger charge is -2.21. The van der Waals surface area contributed by atoms with Gasteiger partial charge in [0.15, 0.2) is 11.6 Å². The van der Waals surface area contributed by atoms with E-state index in [0.29, 0.717) is 11.6 Å². The highest BCUT2D eigenvalue weighted by atomic mass is 79.9. The van der Waals surface area contributed by atoms with Gasteiger partial charge in [0.05, 0.1) is 0 Å². The van der Waals surface area contributed by atoms with Crippen molar-refractivity contribution in [1.82, 2.24) is 4.98 Å². The topological polar surface area (TPSA) is 46.3 Å². The summed E-state index contributed by atoms with van der Waals surface area (Å²) in [6.45, 7) is 3.77.